The molecule has 128 valence electrons. The lowest BCUT2D eigenvalue weighted by molar-refractivity contribution is -0.143. The van der Waals surface area contributed by atoms with Gasteiger partial charge in [0.05, 0.1) is 26.5 Å². The van der Waals surface area contributed by atoms with Gasteiger partial charge in [0.15, 0.2) is 5.69 Å². The molecule has 0 aliphatic rings. The molecule has 2 rings (SSSR count). The second kappa shape index (κ2) is 6.69. The van der Waals surface area contributed by atoms with Gasteiger partial charge in [-0.2, -0.15) is 18.3 Å². The van der Waals surface area contributed by atoms with Gasteiger partial charge in [-0.05, 0) is 12.1 Å². The van der Waals surface area contributed by atoms with Crippen molar-refractivity contribution < 1.29 is 27.4 Å². The molecule has 0 radical (unpaired) electrons. The second-order valence-corrected chi connectivity index (χ2v) is 4.53. The van der Waals surface area contributed by atoms with Crippen LogP contribution in [0.5, 0.6) is 5.75 Å². The van der Waals surface area contributed by atoms with Gasteiger partial charge >= 0.3 is 17.7 Å². The molecule has 0 amide bonds. The molecule has 0 spiro atoms. The third-order valence-electron chi connectivity index (χ3n) is 3.01. The third-order valence-corrected chi connectivity index (χ3v) is 3.01. The molecule has 10 heteroatoms. The van der Waals surface area contributed by atoms with E-state index in [4.69, 9.17) is 4.74 Å². The van der Waals surface area contributed by atoms with Crippen LogP contribution in [0.25, 0.3) is 0 Å². The number of nitrogens with zero attached hydrogens (tertiary/aromatic N) is 3. The van der Waals surface area contributed by atoms with Gasteiger partial charge in [-0.3, -0.25) is 9.78 Å². The number of carbonyl (C=O) groups is 1. The molecule has 0 N–H and O–H groups in total. The molecule has 2 aromatic heterocycles. The van der Waals surface area contributed by atoms with Crippen LogP contribution in [-0.2, 0) is 17.5 Å². The molecule has 2 aromatic rings. The number of carbonyl (C=O) groups excluding carboxylic acids is 1. The smallest absolute Gasteiger partial charge is 0.436 e. The minimum atomic E-state index is -4.99. The van der Waals surface area contributed by atoms with E-state index in [0.717, 1.165) is 14.2 Å². The summed E-state index contributed by atoms with van der Waals surface area (Å²) in [5.74, 6) is -2.16. The van der Waals surface area contributed by atoms with Crippen molar-refractivity contribution in [2.24, 2.45) is 0 Å². The first-order valence-electron chi connectivity index (χ1n) is 6.54. The molecule has 24 heavy (non-hydrogen) atoms. The Morgan fingerprint density at radius 3 is 2.50 bits per heavy atom. The maximum atomic E-state index is 13.3. The van der Waals surface area contributed by atoms with Gasteiger partial charge in [0.25, 0.3) is 0 Å². The number of aromatic nitrogens is 3. The van der Waals surface area contributed by atoms with Crippen LogP contribution in [0.4, 0.5) is 13.2 Å². The first-order valence-corrected chi connectivity index (χ1v) is 6.54. The summed E-state index contributed by atoms with van der Waals surface area (Å²) in [6, 6.07) is 4.74. The Morgan fingerprint density at radius 2 is 2.00 bits per heavy atom. The summed E-state index contributed by atoms with van der Waals surface area (Å²) in [6.45, 7) is -0.319. The lowest BCUT2D eigenvalue weighted by Crippen LogP contribution is -2.32. The number of hydrogen-bond acceptors (Lipinski definition) is 6. The van der Waals surface area contributed by atoms with Crippen LogP contribution in [0.2, 0.25) is 0 Å². The molecule has 0 saturated heterocycles. The number of alkyl halides is 3. The molecule has 0 saturated carbocycles. The normalized spacial score (nSPS) is 11.2. The molecular formula is C14H12F3N3O4. The molecule has 0 bridgehead atoms. The topological polar surface area (TPSA) is 83.3 Å². The lowest BCUT2D eigenvalue weighted by atomic mass is 10.2. The average Bonchev–Trinajstić information content (AvgIpc) is 2.55. The number of methoxy groups -OCH3 is 2. The van der Waals surface area contributed by atoms with Crippen LogP contribution in [0.1, 0.15) is 21.7 Å². The van der Waals surface area contributed by atoms with Crippen LogP contribution in [0.15, 0.2) is 29.2 Å². The first kappa shape index (κ1) is 17.4. The summed E-state index contributed by atoms with van der Waals surface area (Å²) in [5.41, 5.74) is -3.32. The minimum Gasteiger partial charge on any atom is -0.490 e. The van der Waals surface area contributed by atoms with Crippen molar-refractivity contribution in [2.75, 3.05) is 14.2 Å². The van der Waals surface area contributed by atoms with Gasteiger partial charge in [0.1, 0.15) is 5.56 Å². The first-order chi connectivity index (χ1) is 11.3. The van der Waals surface area contributed by atoms with Gasteiger partial charge in [-0.15, -0.1) is 0 Å². The van der Waals surface area contributed by atoms with E-state index in [9.17, 15) is 22.8 Å². The lowest BCUT2D eigenvalue weighted by Gasteiger charge is -2.15. The molecule has 0 fully saturated rings. The van der Waals surface area contributed by atoms with Crippen LogP contribution in [0.3, 0.4) is 0 Å². The van der Waals surface area contributed by atoms with Crippen molar-refractivity contribution in [1.82, 2.24) is 14.8 Å². The van der Waals surface area contributed by atoms with Crippen molar-refractivity contribution in [2.45, 2.75) is 12.7 Å². The molecular weight excluding hydrogens is 331 g/mol. The summed E-state index contributed by atoms with van der Waals surface area (Å²) < 4.78 is 49.3. The van der Waals surface area contributed by atoms with E-state index in [-0.39, 0.29) is 6.54 Å². The van der Waals surface area contributed by atoms with Gasteiger partial charge in [-0.25, -0.2) is 9.48 Å². The van der Waals surface area contributed by atoms with Crippen molar-refractivity contribution in [3.05, 3.63) is 51.7 Å². The third kappa shape index (κ3) is 3.36. The zero-order valence-corrected chi connectivity index (χ0v) is 12.6. The summed E-state index contributed by atoms with van der Waals surface area (Å²) in [7, 11) is 1.87. The summed E-state index contributed by atoms with van der Waals surface area (Å²) in [4.78, 5) is 27.9. The Bertz CT molecular complexity index is 803. The largest absolute Gasteiger partial charge is 0.490 e. The Hall–Kier alpha value is -2.91. The highest BCUT2D eigenvalue weighted by Gasteiger charge is 2.41. The zero-order chi connectivity index (χ0) is 17.9. The molecule has 0 atom stereocenters. The van der Waals surface area contributed by atoms with Crippen LogP contribution >= 0.6 is 0 Å². The van der Waals surface area contributed by atoms with Crippen molar-refractivity contribution in [3.8, 4) is 5.75 Å². The SMILES string of the molecule is COC(=O)c1c(C(F)(F)F)nn(Cc2ccccn2)c(=O)c1OC. The average molecular weight is 343 g/mol. The van der Waals surface area contributed by atoms with E-state index in [1.54, 1.807) is 12.1 Å². The summed E-state index contributed by atoms with van der Waals surface area (Å²) in [5, 5.41) is 3.27. The number of ether oxygens (including phenoxy) is 2. The highest BCUT2D eigenvalue weighted by atomic mass is 19.4. The fraction of sp³-hybridized carbons (Fsp3) is 0.286. The Labute approximate surface area is 133 Å². The monoisotopic (exact) mass is 343 g/mol. The molecule has 0 aromatic carbocycles. The maximum Gasteiger partial charge on any atom is 0.436 e. The van der Waals surface area contributed by atoms with Gasteiger partial charge < -0.3 is 9.47 Å². The molecule has 0 aliphatic carbocycles. The zero-order valence-electron chi connectivity index (χ0n) is 12.6. The number of hydrogen-bond donors (Lipinski definition) is 0. The van der Waals surface area contributed by atoms with E-state index in [2.05, 4.69) is 14.8 Å². The summed E-state index contributed by atoms with van der Waals surface area (Å²) in [6.07, 6.45) is -3.57. The number of pyridine rings is 1. The van der Waals surface area contributed by atoms with Crippen LogP contribution < -0.4 is 10.3 Å². The fourth-order valence-corrected chi connectivity index (χ4v) is 1.98. The number of esters is 1. The Morgan fingerprint density at radius 1 is 1.29 bits per heavy atom. The predicted octanol–water partition coefficient (Wildman–Crippen LogP) is 1.50. The van der Waals surface area contributed by atoms with E-state index >= 15 is 0 Å². The summed E-state index contributed by atoms with van der Waals surface area (Å²) >= 11 is 0. The van der Waals surface area contributed by atoms with Crippen LogP contribution in [0, 0.1) is 0 Å². The second-order valence-electron chi connectivity index (χ2n) is 4.53. The van der Waals surface area contributed by atoms with Gasteiger partial charge in [0.2, 0.25) is 5.75 Å². The Balaban J connectivity index is 2.71. The van der Waals surface area contributed by atoms with Gasteiger partial charge in [0, 0.05) is 6.20 Å². The number of rotatable bonds is 4. The Kier molecular flexibility index (Phi) is 4.86. The minimum absolute atomic E-state index is 0.313. The predicted molar refractivity (Wildman–Crippen MR) is 74.7 cm³/mol. The van der Waals surface area contributed by atoms with Crippen molar-refractivity contribution >= 4 is 5.97 Å². The fourth-order valence-electron chi connectivity index (χ4n) is 1.98. The van der Waals surface area contributed by atoms with Crippen molar-refractivity contribution in [1.29, 1.82) is 0 Å². The van der Waals surface area contributed by atoms with Crippen molar-refractivity contribution in [3.63, 3.8) is 0 Å². The molecule has 0 aliphatic heterocycles. The molecule has 2 heterocycles. The van der Waals surface area contributed by atoms with E-state index < -0.39 is 34.7 Å². The van der Waals surface area contributed by atoms with E-state index in [1.165, 1.54) is 12.3 Å². The van der Waals surface area contributed by atoms with E-state index in [1.807, 2.05) is 0 Å². The quantitative estimate of drug-likeness (QED) is 0.783. The van der Waals surface area contributed by atoms with E-state index in [0.29, 0.717) is 10.4 Å². The molecule has 7 nitrogen and oxygen atoms in total. The number of halogens is 3. The maximum absolute atomic E-state index is 13.3. The standard InChI is InChI=1S/C14H12F3N3O4/c1-23-10-9(13(22)24-2)11(14(15,16)17)19-20(12(10)21)7-8-5-3-4-6-18-8/h3-6H,7H2,1-2H3. The highest BCUT2D eigenvalue weighted by molar-refractivity contribution is 5.93. The highest BCUT2D eigenvalue weighted by Crippen LogP contribution is 2.33. The van der Waals surface area contributed by atoms with Crippen LogP contribution in [-0.4, -0.2) is 35.0 Å². The molecule has 0 unspecified atom stereocenters. The van der Waals surface area contributed by atoms with Gasteiger partial charge in [-0.1, -0.05) is 6.07 Å².